The highest BCUT2D eigenvalue weighted by Crippen LogP contribution is 2.44. The number of amides is 1. The summed E-state index contributed by atoms with van der Waals surface area (Å²) >= 11 is 0. The van der Waals surface area contributed by atoms with Crippen molar-refractivity contribution in [2.24, 2.45) is 17.8 Å². The van der Waals surface area contributed by atoms with Crippen molar-refractivity contribution in [2.45, 2.75) is 72.4 Å². The van der Waals surface area contributed by atoms with E-state index in [1.54, 1.807) is 20.8 Å². The van der Waals surface area contributed by atoms with Gasteiger partial charge in [-0.25, -0.2) is 13.2 Å². The molecule has 7 heteroatoms. The Hall–Kier alpha value is -1.37. The number of allylic oxidation sites excluding steroid dienone is 2. The number of carbonyl (C=O) groups is 2. The minimum Gasteiger partial charge on any atom is -0.458 e. The van der Waals surface area contributed by atoms with Crippen LogP contribution in [-0.2, 0) is 24.2 Å². The van der Waals surface area contributed by atoms with Gasteiger partial charge in [-0.2, -0.15) is 0 Å². The molecule has 1 aliphatic heterocycles. The summed E-state index contributed by atoms with van der Waals surface area (Å²) in [6.45, 7) is 10.9. The van der Waals surface area contributed by atoms with Crippen molar-refractivity contribution >= 4 is 21.7 Å². The van der Waals surface area contributed by atoms with Crippen LogP contribution in [0.1, 0.15) is 60.8 Å². The van der Waals surface area contributed by atoms with Crippen LogP contribution < -0.4 is 5.32 Å². The maximum Gasteiger partial charge on any atom is 0.329 e. The highest BCUT2D eigenvalue weighted by molar-refractivity contribution is 7.95. The van der Waals surface area contributed by atoms with Gasteiger partial charge in [0.05, 0.1) is 5.75 Å². The lowest BCUT2D eigenvalue weighted by Gasteiger charge is -2.32. The Labute approximate surface area is 156 Å². The molecule has 0 radical (unpaired) electrons. The normalized spacial score (nSPS) is 26.4. The largest absolute Gasteiger partial charge is 0.458 e. The highest BCUT2D eigenvalue weighted by atomic mass is 32.2. The fourth-order valence-electron chi connectivity index (χ4n) is 3.85. The number of sulfone groups is 1. The Balaban J connectivity index is 2.17. The van der Waals surface area contributed by atoms with Crippen molar-refractivity contribution in [3.8, 4) is 0 Å². The van der Waals surface area contributed by atoms with Gasteiger partial charge in [0.2, 0.25) is 5.91 Å². The Morgan fingerprint density at radius 1 is 1.19 bits per heavy atom. The molecular weight excluding hydrogens is 354 g/mol. The Morgan fingerprint density at radius 3 is 2.35 bits per heavy atom. The number of rotatable bonds is 4. The molecule has 0 bridgehead atoms. The van der Waals surface area contributed by atoms with Crippen LogP contribution in [0.25, 0.3) is 0 Å². The lowest BCUT2D eigenvalue weighted by molar-refractivity contribution is -0.160. The first-order valence-electron chi connectivity index (χ1n) is 9.29. The Kier molecular flexibility index (Phi) is 5.90. The summed E-state index contributed by atoms with van der Waals surface area (Å²) in [5, 5.41) is 2.83. The second-order valence-corrected chi connectivity index (χ2v) is 10.8. The van der Waals surface area contributed by atoms with Crippen LogP contribution in [0, 0.1) is 17.8 Å². The van der Waals surface area contributed by atoms with Crippen LogP contribution in [0.4, 0.5) is 0 Å². The van der Waals surface area contributed by atoms with E-state index in [0.717, 1.165) is 5.57 Å². The van der Waals surface area contributed by atoms with Crippen molar-refractivity contribution in [3.63, 3.8) is 0 Å². The molecule has 1 heterocycles. The molecule has 3 unspecified atom stereocenters. The van der Waals surface area contributed by atoms with Gasteiger partial charge in [0, 0.05) is 16.7 Å². The Morgan fingerprint density at radius 2 is 1.81 bits per heavy atom. The van der Waals surface area contributed by atoms with Crippen molar-refractivity contribution in [2.75, 3.05) is 5.75 Å². The monoisotopic (exact) mass is 385 g/mol. The molecular formula is C19H31NO5S. The second kappa shape index (κ2) is 7.33. The van der Waals surface area contributed by atoms with E-state index in [9.17, 15) is 18.0 Å². The summed E-state index contributed by atoms with van der Waals surface area (Å²) in [6, 6.07) is -0.741. The third-order valence-electron chi connectivity index (χ3n) is 5.07. The summed E-state index contributed by atoms with van der Waals surface area (Å²) in [7, 11) is -3.24. The zero-order valence-corrected chi connectivity index (χ0v) is 17.4. The molecule has 6 nitrogen and oxygen atoms in total. The van der Waals surface area contributed by atoms with Crippen LogP contribution in [0.15, 0.2) is 10.5 Å². The Bertz CT molecular complexity index is 715. The van der Waals surface area contributed by atoms with Crippen LogP contribution in [0.2, 0.25) is 0 Å². The standard InChI is InChI=1S/C19H31NO5S/c1-11(2)15(18(22)25-19(4,5)6)20-17(21)14-8-7-12(3)16-13(14)9-10-26(16,23)24/h11,13-15H,7-10H2,1-6H3,(H,20,21). The summed E-state index contributed by atoms with van der Waals surface area (Å²) in [5.74, 6) is -1.39. The van der Waals surface area contributed by atoms with E-state index in [2.05, 4.69) is 5.32 Å². The summed E-state index contributed by atoms with van der Waals surface area (Å²) in [4.78, 5) is 25.8. The van der Waals surface area contributed by atoms with Crippen molar-refractivity contribution in [1.82, 2.24) is 5.32 Å². The third kappa shape index (κ3) is 4.48. The van der Waals surface area contributed by atoms with Crippen LogP contribution >= 0.6 is 0 Å². The molecule has 1 fully saturated rings. The zero-order valence-electron chi connectivity index (χ0n) is 16.6. The van der Waals surface area contributed by atoms with Gasteiger partial charge < -0.3 is 10.1 Å². The van der Waals surface area contributed by atoms with Crippen molar-refractivity contribution in [3.05, 3.63) is 10.5 Å². The molecule has 0 spiro atoms. The van der Waals surface area contributed by atoms with Gasteiger partial charge in [0.15, 0.2) is 9.84 Å². The van der Waals surface area contributed by atoms with Crippen molar-refractivity contribution < 1.29 is 22.7 Å². The number of ether oxygens (including phenoxy) is 1. The van der Waals surface area contributed by atoms with E-state index in [-0.39, 0.29) is 23.5 Å². The topological polar surface area (TPSA) is 89.5 Å². The molecule has 0 aromatic rings. The zero-order chi connectivity index (χ0) is 19.9. The molecule has 1 aliphatic carbocycles. The first-order valence-corrected chi connectivity index (χ1v) is 10.9. The molecule has 1 N–H and O–H groups in total. The molecule has 0 saturated carbocycles. The first kappa shape index (κ1) is 20.9. The summed E-state index contributed by atoms with van der Waals surface area (Å²) in [5.41, 5.74) is 0.246. The third-order valence-corrected chi connectivity index (χ3v) is 7.16. The smallest absolute Gasteiger partial charge is 0.329 e. The maximum absolute atomic E-state index is 12.9. The number of carbonyl (C=O) groups excluding carboxylic acids is 2. The molecule has 0 aromatic heterocycles. The fourth-order valence-corrected chi connectivity index (χ4v) is 6.01. The molecule has 0 aromatic carbocycles. The lowest BCUT2D eigenvalue weighted by atomic mass is 9.79. The van der Waals surface area contributed by atoms with E-state index in [4.69, 9.17) is 4.74 Å². The van der Waals surface area contributed by atoms with Gasteiger partial charge in [0.25, 0.3) is 0 Å². The summed E-state index contributed by atoms with van der Waals surface area (Å²) in [6.07, 6.45) is 1.69. The van der Waals surface area contributed by atoms with Gasteiger partial charge in [-0.15, -0.1) is 0 Å². The quantitative estimate of drug-likeness (QED) is 0.751. The van der Waals surface area contributed by atoms with Crippen LogP contribution in [0.3, 0.4) is 0 Å². The summed E-state index contributed by atoms with van der Waals surface area (Å²) < 4.78 is 30.0. The minimum atomic E-state index is -3.24. The number of hydrogen-bond donors (Lipinski definition) is 1. The number of hydrogen-bond acceptors (Lipinski definition) is 5. The predicted molar refractivity (Wildman–Crippen MR) is 99.9 cm³/mol. The number of nitrogens with one attached hydrogen (secondary N) is 1. The van der Waals surface area contributed by atoms with Gasteiger partial charge in [0.1, 0.15) is 11.6 Å². The SMILES string of the molecule is CC1=C2C(CCS2(=O)=O)C(C(=O)NC(C(=O)OC(C)(C)C)C(C)C)CC1. The average Bonchev–Trinajstić information content (AvgIpc) is 2.79. The van der Waals surface area contributed by atoms with Crippen LogP contribution in [0.5, 0.6) is 0 Å². The first-order chi connectivity index (χ1) is 11.8. The van der Waals surface area contributed by atoms with E-state index in [1.165, 1.54) is 0 Å². The van der Waals surface area contributed by atoms with E-state index >= 15 is 0 Å². The molecule has 3 atom stereocenters. The second-order valence-electron chi connectivity index (χ2n) is 8.77. The van der Waals surface area contributed by atoms with E-state index in [1.807, 2.05) is 20.8 Å². The highest BCUT2D eigenvalue weighted by Gasteiger charge is 2.45. The number of esters is 1. The van der Waals surface area contributed by atoms with Crippen LogP contribution in [-0.4, -0.2) is 37.7 Å². The average molecular weight is 386 g/mol. The molecule has 2 rings (SSSR count). The molecule has 26 heavy (non-hydrogen) atoms. The van der Waals surface area contributed by atoms with Gasteiger partial charge >= 0.3 is 5.97 Å². The van der Waals surface area contributed by atoms with E-state index < -0.39 is 33.4 Å². The number of fused-ring (bicyclic) bond motifs is 1. The molecule has 1 saturated heterocycles. The van der Waals surface area contributed by atoms with E-state index in [0.29, 0.717) is 24.2 Å². The van der Waals surface area contributed by atoms with Gasteiger partial charge in [-0.3, -0.25) is 4.79 Å². The fraction of sp³-hybridized carbons (Fsp3) is 0.789. The lowest BCUT2D eigenvalue weighted by Crippen LogP contribution is -2.50. The van der Waals surface area contributed by atoms with Gasteiger partial charge in [-0.05, 0) is 52.9 Å². The predicted octanol–water partition coefficient (Wildman–Crippen LogP) is 2.59. The molecule has 148 valence electrons. The van der Waals surface area contributed by atoms with Gasteiger partial charge in [-0.1, -0.05) is 19.4 Å². The van der Waals surface area contributed by atoms with Crippen molar-refractivity contribution in [1.29, 1.82) is 0 Å². The maximum atomic E-state index is 12.9. The minimum absolute atomic E-state index is 0.105. The molecule has 1 amide bonds. The molecule has 2 aliphatic rings.